The molecule has 0 aromatic carbocycles. The number of carbonyl (C=O) groups is 1. The molecule has 1 N–H and O–H groups in total. The Hall–Kier alpha value is -0.610. The molecule has 0 radical (unpaired) electrons. The van der Waals surface area contributed by atoms with Crippen molar-refractivity contribution in [2.45, 2.75) is 52.2 Å². The van der Waals surface area contributed by atoms with Crippen LogP contribution in [0.2, 0.25) is 0 Å². The van der Waals surface area contributed by atoms with E-state index in [1.807, 2.05) is 13.8 Å². The Bertz CT molecular complexity index is 177. The molecule has 0 aromatic heterocycles. The van der Waals surface area contributed by atoms with Gasteiger partial charge in [-0.15, -0.1) is 0 Å². The third kappa shape index (κ3) is 6.47. The van der Waals surface area contributed by atoms with Gasteiger partial charge in [0.05, 0.1) is 13.2 Å². The van der Waals surface area contributed by atoms with Gasteiger partial charge in [-0.25, -0.2) is 4.79 Å². The molecule has 0 bridgehead atoms. The van der Waals surface area contributed by atoms with Crippen molar-refractivity contribution < 1.29 is 19.4 Å². The summed E-state index contributed by atoms with van der Waals surface area (Å²) in [5.74, 6) is -2.50. The number of hydrogen-bond donors (Lipinski definition) is 1. The molecule has 0 aliphatic heterocycles. The smallest absolute Gasteiger partial charge is 0.366 e. The predicted molar refractivity (Wildman–Crippen MR) is 57.4 cm³/mol. The predicted octanol–water partition coefficient (Wildman–Crippen LogP) is 1.85. The molecule has 4 heteroatoms. The first-order valence-electron chi connectivity index (χ1n) is 5.58. The first kappa shape index (κ1) is 14.4. The normalized spacial score (nSPS) is 14.7. The molecule has 0 amide bonds. The highest BCUT2D eigenvalue weighted by Crippen LogP contribution is 2.09. The number of esters is 1. The molecule has 0 aliphatic rings. The second kappa shape index (κ2) is 7.65. The molecule has 1 unspecified atom stereocenters. The number of rotatable bonds is 8. The van der Waals surface area contributed by atoms with Crippen LogP contribution >= 0.6 is 0 Å². The van der Waals surface area contributed by atoms with Crippen LogP contribution in [0.15, 0.2) is 0 Å². The molecule has 1 atom stereocenters. The van der Waals surface area contributed by atoms with Gasteiger partial charge in [-0.1, -0.05) is 26.7 Å². The number of carbonyl (C=O) groups excluding carboxylic acids is 1. The fraction of sp³-hybridized carbons (Fsp3) is 0.909. The van der Waals surface area contributed by atoms with E-state index in [0.717, 1.165) is 25.7 Å². The topological polar surface area (TPSA) is 55.8 Å². The maximum atomic E-state index is 11.3. The van der Waals surface area contributed by atoms with Gasteiger partial charge in [0.15, 0.2) is 0 Å². The third-order valence-corrected chi connectivity index (χ3v) is 1.99. The van der Waals surface area contributed by atoms with Crippen LogP contribution in [-0.2, 0) is 14.3 Å². The fourth-order valence-corrected chi connectivity index (χ4v) is 0.917. The molecule has 0 spiro atoms. The van der Waals surface area contributed by atoms with E-state index in [0.29, 0.717) is 13.2 Å². The molecule has 0 saturated heterocycles. The molecular weight excluding hydrogens is 196 g/mol. The highest BCUT2D eigenvalue weighted by molar-refractivity contribution is 5.76. The molecule has 0 heterocycles. The average molecular weight is 218 g/mol. The molecule has 4 nitrogen and oxygen atoms in total. The van der Waals surface area contributed by atoms with E-state index in [9.17, 15) is 9.90 Å². The Morgan fingerprint density at radius 3 is 2.27 bits per heavy atom. The molecule has 0 aliphatic carbocycles. The third-order valence-electron chi connectivity index (χ3n) is 1.99. The minimum absolute atomic E-state index is 0.336. The zero-order valence-electron chi connectivity index (χ0n) is 9.91. The summed E-state index contributed by atoms with van der Waals surface area (Å²) in [6.07, 6.45) is 3.53. The van der Waals surface area contributed by atoms with Crippen molar-refractivity contribution >= 4 is 5.97 Å². The van der Waals surface area contributed by atoms with Crippen LogP contribution < -0.4 is 0 Å². The van der Waals surface area contributed by atoms with E-state index >= 15 is 0 Å². The molecule has 90 valence electrons. The molecule has 15 heavy (non-hydrogen) atoms. The van der Waals surface area contributed by atoms with Gasteiger partial charge in [-0.3, -0.25) is 0 Å². The number of aliphatic hydroxyl groups is 1. The molecule has 0 fully saturated rings. The van der Waals surface area contributed by atoms with E-state index in [2.05, 4.69) is 0 Å². The first-order chi connectivity index (χ1) is 7.04. The molecule has 0 saturated carbocycles. The van der Waals surface area contributed by atoms with Gasteiger partial charge in [0, 0.05) is 6.92 Å². The Kier molecular flexibility index (Phi) is 7.34. The lowest BCUT2D eigenvalue weighted by Crippen LogP contribution is -2.40. The number of ether oxygens (including phenoxy) is 2. The Labute approximate surface area is 91.6 Å². The summed E-state index contributed by atoms with van der Waals surface area (Å²) in [5, 5.41) is 9.61. The van der Waals surface area contributed by atoms with E-state index in [-0.39, 0.29) is 0 Å². The monoisotopic (exact) mass is 218 g/mol. The number of hydrogen-bond acceptors (Lipinski definition) is 4. The highest BCUT2D eigenvalue weighted by Gasteiger charge is 2.32. The van der Waals surface area contributed by atoms with Crippen molar-refractivity contribution in [3.63, 3.8) is 0 Å². The van der Waals surface area contributed by atoms with Crippen molar-refractivity contribution in [3.05, 3.63) is 0 Å². The van der Waals surface area contributed by atoms with Gasteiger partial charge in [0.1, 0.15) is 0 Å². The molecular formula is C11H22O4. The van der Waals surface area contributed by atoms with Crippen LogP contribution in [0.5, 0.6) is 0 Å². The Morgan fingerprint density at radius 1 is 1.20 bits per heavy atom. The average Bonchev–Trinajstić information content (AvgIpc) is 2.18. The zero-order chi connectivity index (χ0) is 11.7. The van der Waals surface area contributed by atoms with Crippen LogP contribution in [0.4, 0.5) is 0 Å². The van der Waals surface area contributed by atoms with Crippen molar-refractivity contribution in [2.24, 2.45) is 0 Å². The van der Waals surface area contributed by atoms with Crippen LogP contribution in [0.25, 0.3) is 0 Å². The highest BCUT2D eigenvalue weighted by atomic mass is 16.7. The van der Waals surface area contributed by atoms with Crippen LogP contribution in [0.3, 0.4) is 0 Å². The van der Waals surface area contributed by atoms with E-state index in [1.54, 1.807) is 0 Å². The van der Waals surface area contributed by atoms with Gasteiger partial charge in [-0.2, -0.15) is 0 Å². The first-order valence-corrected chi connectivity index (χ1v) is 5.58. The van der Waals surface area contributed by atoms with Crippen molar-refractivity contribution in [3.8, 4) is 0 Å². The Morgan fingerprint density at radius 2 is 1.73 bits per heavy atom. The van der Waals surface area contributed by atoms with Crippen molar-refractivity contribution in [1.29, 1.82) is 0 Å². The SMILES string of the molecule is CCCCOC(=O)C(C)(O)OCCCC. The summed E-state index contributed by atoms with van der Waals surface area (Å²) >= 11 is 0. The summed E-state index contributed by atoms with van der Waals surface area (Å²) in [7, 11) is 0. The van der Waals surface area contributed by atoms with Crippen molar-refractivity contribution in [1.82, 2.24) is 0 Å². The van der Waals surface area contributed by atoms with Crippen LogP contribution in [0, 0.1) is 0 Å². The summed E-state index contributed by atoms with van der Waals surface area (Å²) in [6.45, 7) is 6.04. The summed E-state index contributed by atoms with van der Waals surface area (Å²) in [6, 6.07) is 0. The minimum atomic E-state index is -1.80. The van der Waals surface area contributed by atoms with E-state index < -0.39 is 11.8 Å². The summed E-state index contributed by atoms with van der Waals surface area (Å²) in [4.78, 5) is 11.3. The lowest BCUT2D eigenvalue weighted by molar-refractivity contribution is -0.221. The second-order valence-corrected chi connectivity index (χ2v) is 3.67. The van der Waals surface area contributed by atoms with Gasteiger partial charge >= 0.3 is 5.97 Å². The van der Waals surface area contributed by atoms with E-state index in [1.165, 1.54) is 6.92 Å². The van der Waals surface area contributed by atoms with Gasteiger partial charge in [-0.05, 0) is 12.8 Å². The summed E-state index contributed by atoms with van der Waals surface area (Å²) in [5.41, 5.74) is 0. The maximum Gasteiger partial charge on any atom is 0.366 e. The fourth-order valence-electron chi connectivity index (χ4n) is 0.917. The van der Waals surface area contributed by atoms with Gasteiger partial charge in [0.25, 0.3) is 5.79 Å². The lowest BCUT2D eigenvalue weighted by Gasteiger charge is -2.21. The van der Waals surface area contributed by atoms with Crippen LogP contribution in [-0.4, -0.2) is 30.1 Å². The van der Waals surface area contributed by atoms with Crippen LogP contribution in [0.1, 0.15) is 46.5 Å². The molecule has 0 rings (SSSR count). The van der Waals surface area contributed by atoms with Gasteiger partial charge in [0.2, 0.25) is 0 Å². The zero-order valence-corrected chi connectivity index (χ0v) is 9.91. The minimum Gasteiger partial charge on any atom is -0.462 e. The molecule has 0 aromatic rings. The maximum absolute atomic E-state index is 11.3. The summed E-state index contributed by atoms with van der Waals surface area (Å²) < 4.78 is 9.91. The largest absolute Gasteiger partial charge is 0.462 e. The van der Waals surface area contributed by atoms with Gasteiger partial charge < -0.3 is 14.6 Å². The second-order valence-electron chi connectivity index (χ2n) is 3.67. The quantitative estimate of drug-likeness (QED) is 0.384. The van der Waals surface area contributed by atoms with E-state index in [4.69, 9.17) is 9.47 Å². The standard InChI is InChI=1S/C11H22O4/c1-4-6-8-14-10(12)11(3,13)15-9-7-5-2/h13H,4-9H2,1-3H3. The lowest BCUT2D eigenvalue weighted by atomic mass is 10.3. The number of unbranched alkanes of at least 4 members (excludes halogenated alkanes) is 2. The Balaban J connectivity index is 3.80. The van der Waals surface area contributed by atoms with Crippen molar-refractivity contribution in [2.75, 3.05) is 13.2 Å².